The molecular formula is C23H25N5O. The molecule has 29 heavy (non-hydrogen) atoms. The van der Waals surface area contributed by atoms with Crippen molar-refractivity contribution >= 4 is 33.4 Å². The van der Waals surface area contributed by atoms with E-state index in [4.69, 9.17) is 4.74 Å². The first-order chi connectivity index (χ1) is 14.2. The zero-order valence-electron chi connectivity index (χ0n) is 17.0. The van der Waals surface area contributed by atoms with E-state index in [9.17, 15) is 0 Å². The van der Waals surface area contributed by atoms with Crippen LogP contribution in [-0.4, -0.2) is 47.7 Å². The average molecular weight is 387 g/mol. The van der Waals surface area contributed by atoms with Crippen molar-refractivity contribution in [3.05, 3.63) is 54.4 Å². The van der Waals surface area contributed by atoms with Gasteiger partial charge < -0.3 is 19.5 Å². The maximum atomic E-state index is 5.57. The van der Waals surface area contributed by atoms with Crippen LogP contribution in [0, 0.1) is 6.92 Å². The van der Waals surface area contributed by atoms with Gasteiger partial charge in [-0.25, -0.2) is 9.97 Å². The Kier molecular flexibility index (Phi) is 4.27. The average Bonchev–Trinajstić information content (AvgIpc) is 3.12. The van der Waals surface area contributed by atoms with Crippen molar-refractivity contribution in [2.45, 2.75) is 19.9 Å². The van der Waals surface area contributed by atoms with Crippen molar-refractivity contribution in [1.82, 2.24) is 15.0 Å². The van der Waals surface area contributed by atoms with Crippen molar-refractivity contribution < 1.29 is 4.74 Å². The Bertz CT molecular complexity index is 1180. The van der Waals surface area contributed by atoms with E-state index in [1.807, 2.05) is 12.1 Å². The van der Waals surface area contributed by atoms with Gasteiger partial charge in [0, 0.05) is 31.4 Å². The molecule has 1 aliphatic rings. The minimum absolute atomic E-state index is 0.384. The highest BCUT2D eigenvalue weighted by atomic mass is 16.5. The quantitative estimate of drug-likeness (QED) is 0.572. The van der Waals surface area contributed by atoms with Crippen LogP contribution in [-0.2, 0) is 0 Å². The molecule has 3 heterocycles. The second-order valence-corrected chi connectivity index (χ2v) is 7.76. The number of hydrogen-bond donors (Lipinski definition) is 1. The molecule has 1 aliphatic heterocycles. The van der Waals surface area contributed by atoms with Crippen molar-refractivity contribution in [2.24, 2.45) is 0 Å². The summed E-state index contributed by atoms with van der Waals surface area (Å²) in [6, 6.07) is 15.1. The lowest BCUT2D eigenvalue weighted by molar-refractivity contribution is 0.420. The van der Waals surface area contributed by atoms with Gasteiger partial charge in [0.2, 0.25) is 0 Å². The molecule has 148 valence electrons. The summed E-state index contributed by atoms with van der Waals surface area (Å²) in [5, 5.41) is 1.01. The van der Waals surface area contributed by atoms with E-state index in [0.717, 1.165) is 53.1 Å². The molecule has 1 atom stereocenters. The molecule has 6 nitrogen and oxygen atoms in total. The summed E-state index contributed by atoms with van der Waals surface area (Å²) in [6.45, 7) is 7.20. The van der Waals surface area contributed by atoms with Crippen LogP contribution in [0.15, 0.2) is 48.8 Å². The number of H-pyrrole nitrogens is 1. The van der Waals surface area contributed by atoms with E-state index in [1.54, 1.807) is 13.4 Å². The van der Waals surface area contributed by atoms with Crippen LogP contribution < -0.4 is 14.5 Å². The van der Waals surface area contributed by atoms with E-state index >= 15 is 0 Å². The van der Waals surface area contributed by atoms with E-state index in [1.165, 1.54) is 11.3 Å². The third kappa shape index (κ3) is 2.95. The second-order valence-electron chi connectivity index (χ2n) is 7.76. The van der Waals surface area contributed by atoms with Crippen LogP contribution in [0.3, 0.4) is 0 Å². The van der Waals surface area contributed by atoms with Gasteiger partial charge in [-0.2, -0.15) is 0 Å². The predicted octanol–water partition coefficient (Wildman–Crippen LogP) is 4.14. The molecule has 0 spiro atoms. The summed E-state index contributed by atoms with van der Waals surface area (Å²) in [6.07, 6.45) is 1.66. The molecule has 1 saturated heterocycles. The molecular weight excluding hydrogens is 362 g/mol. The fourth-order valence-corrected chi connectivity index (χ4v) is 4.45. The predicted molar refractivity (Wildman–Crippen MR) is 118 cm³/mol. The third-order valence-corrected chi connectivity index (χ3v) is 5.83. The van der Waals surface area contributed by atoms with Crippen molar-refractivity contribution in [3.63, 3.8) is 0 Å². The maximum absolute atomic E-state index is 5.57. The number of anilines is 2. The van der Waals surface area contributed by atoms with Crippen LogP contribution in [0.2, 0.25) is 0 Å². The van der Waals surface area contributed by atoms with Crippen LogP contribution in [0.1, 0.15) is 12.5 Å². The maximum Gasteiger partial charge on any atom is 0.156 e. The molecule has 2 aromatic heterocycles. The Balaban J connectivity index is 1.51. The number of ether oxygens (including phenoxy) is 1. The van der Waals surface area contributed by atoms with E-state index < -0.39 is 0 Å². The normalized spacial score (nSPS) is 17.3. The number of hydrogen-bond acceptors (Lipinski definition) is 5. The number of aromatic amines is 1. The van der Waals surface area contributed by atoms with Crippen molar-refractivity contribution in [2.75, 3.05) is 36.5 Å². The highest BCUT2D eigenvalue weighted by Gasteiger charge is 2.27. The van der Waals surface area contributed by atoms with Crippen molar-refractivity contribution in [1.29, 1.82) is 0 Å². The molecule has 1 fully saturated rings. The molecule has 0 amide bonds. The number of rotatable bonds is 3. The number of piperazine rings is 1. The van der Waals surface area contributed by atoms with Gasteiger partial charge in [0.05, 0.1) is 18.0 Å². The summed E-state index contributed by atoms with van der Waals surface area (Å²) < 4.78 is 5.57. The summed E-state index contributed by atoms with van der Waals surface area (Å²) in [5.41, 5.74) is 5.49. The van der Waals surface area contributed by atoms with E-state index in [2.05, 4.69) is 68.9 Å². The SMILES string of the molecule is COc1cccc2[nH]c3c(N4CCN(c5cccc(C)c5)[C@H](C)C4)ncnc3c12. The Hall–Kier alpha value is -3.28. The Morgan fingerprint density at radius 2 is 1.97 bits per heavy atom. The van der Waals surface area contributed by atoms with Crippen LogP contribution >= 0.6 is 0 Å². The summed E-state index contributed by atoms with van der Waals surface area (Å²) >= 11 is 0. The minimum atomic E-state index is 0.384. The molecule has 6 heteroatoms. The molecule has 5 rings (SSSR count). The van der Waals surface area contributed by atoms with Gasteiger partial charge in [0.15, 0.2) is 5.82 Å². The standard InChI is InChI=1S/C23H25N5O/c1-15-6-4-7-17(12-15)28-11-10-27(13-16(28)2)23-22-21(24-14-25-23)20-18(26-22)8-5-9-19(20)29-3/h4-9,12,14,16,26H,10-11,13H2,1-3H3/t16-/m1/s1. The lowest BCUT2D eigenvalue weighted by Crippen LogP contribution is -2.52. The number of aromatic nitrogens is 3. The van der Waals surface area contributed by atoms with Gasteiger partial charge in [0.1, 0.15) is 23.1 Å². The minimum Gasteiger partial charge on any atom is -0.496 e. The first-order valence-corrected chi connectivity index (χ1v) is 10.0. The highest BCUT2D eigenvalue weighted by molar-refractivity contribution is 6.11. The number of fused-ring (bicyclic) bond motifs is 3. The fourth-order valence-electron chi connectivity index (χ4n) is 4.45. The molecule has 0 bridgehead atoms. The second kappa shape index (κ2) is 6.95. The molecule has 0 saturated carbocycles. The highest BCUT2D eigenvalue weighted by Crippen LogP contribution is 2.35. The summed E-state index contributed by atoms with van der Waals surface area (Å²) in [5.74, 6) is 1.79. The van der Waals surface area contributed by atoms with Gasteiger partial charge >= 0.3 is 0 Å². The number of nitrogens with one attached hydrogen (secondary N) is 1. The van der Waals surface area contributed by atoms with E-state index in [0.29, 0.717) is 6.04 Å². The zero-order valence-corrected chi connectivity index (χ0v) is 17.0. The third-order valence-electron chi connectivity index (χ3n) is 5.83. The summed E-state index contributed by atoms with van der Waals surface area (Å²) in [7, 11) is 1.70. The number of aryl methyl sites for hydroxylation is 1. The lowest BCUT2D eigenvalue weighted by Gasteiger charge is -2.42. The first-order valence-electron chi connectivity index (χ1n) is 10.0. The summed E-state index contributed by atoms with van der Waals surface area (Å²) in [4.78, 5) is 17.6. The number of benzene rings is 2. The number of nitrogens with zero attached hydrogens (tertiary/aromatic N) is 4. The van der Waals surface area contributed by atoms with Crippen molar-refractivity contribution in [3.8, 4) is 5.75 Å². The zero-order chi connectivity index (χ0) is 20.0. The topological polar surface area (TPSA) is 57.3 Å². The lowest BCUT2D eigenvalue weighted by atomic mass is 10.1. The van der Waals surface area contributed by atoms with Gasteiger partial charge in [-0.3, -0.25) is 0 Å². The van der Waals surface area contributed by atoms with Gasteiger partial charge in [-0.05, 0) is 43.7 Å². The molecule has 0 aliphatic carbocycles. The molecule has 0 radical (unpaired) electrons. The van der Waals surface area contributed by atoms with Gasteiger partial charge in [-0.15, -0.1) is 0 Å². The molecule has 0 unspecified atom stereocenters. The first kappa shape index (κ1) is 17.8. The van der Waals surface area contributed by atoms with Gasteiger partial charge in [-0.1, -0.05) is 18.2 Å². The Morgan fingerprint density at radius 3 is 2.76 bits per heavy atom. The number of methoxy groups -OCH3 is 1. The molecule has 2 aromatic carbocycles. The van der Waals surface area contributed by atoms with Crippen LogP contribution in [0.4, 0.5) is 11.5 Å². The Morgan fingerprint density at radius 1 is 1.10 bits per heavy atom. The van der Waals surface area contributed by atoms with Crippen LogP contribution in [0.25, 0.3) is 21.9 Å². The molecule has 1 N–H and O–H groups in total. The van der Waals surface area contributed by atoms with Crippen LogP contribution in [0.5, 0.6) is 5.75 Å². The van der Waals surface area contributed by atoms with Gasteiger partial charge in [0.25, 0.3) is 0 Å². The fraction of sp³-hybridized carbons (Fsp3) is 0.304. The van der Waals surface area contributed by atoms with E-state index in [-0.39, 0.29) is 0 Å². The molecule has 4 aromatic rings. The monoisotopic (exact) mass is 387 g/mol. The smallest absolute Gasteiger partial charge is 0.156 e. The Labute approximate surface area is 170 Å². The largest absolute Gasteiger partial charge is 0.496 e.